The van der Waals surface area contributed by atoms with Crippen LogP contribution in [0.5, 0.6) is 0 Å². The Balaban J connectivity index is 0.000000647. The van der Waals surface area contributed by atoms with E-state index in [1.54, 1.807) is 18.2 Å². The van der Waals surface area contributed by atoms with Crippen LogP contribution in [0.15, 0.2) is 124 Å². The number of halogens is 2. The average molecular weight is 731 g/mol. The Morgan fingerprint density at radius 3 is 1.95 bits per heavy atom. The van der Waals surface area contributed by atoms with Crippen molar-refractivity contribution < 1.29 is 22.1 Å². The molecule has 0 radical (unpaired) electrons. The van der Waals surface area contributed by atoms with Gasteiger partial charge in [0.1, 0.15) is 5.82 Å². The number of nitrogens with one attached hydrogen (secondary N) is 4. The first-order valence-corrected chi connectivity index (χ1v) is 17.0. The van der Waals surface area contributed by atoms with E-state index >= 15 is 0 Å². The molecule has 0 fully saturated rings. The second kappa shape index (κ2) is 20.1. The van der Waals surface area contributed by atoms with Gasteiger partial charge in [0.25, 0.3) is 11.5 Å². The van der Waals surface area contributed by atoms with E-state index in [9.17, 15) is 14.4 Å². The number of hydrogen-bond donors (Lipinski definition) is 4. The van der Waals surface area contributed by atoms with E-state index in [2.05, 4.69) is 62.2 Å². The van der Waals surface area contributed by atoms with Crippen molar-refractivity contribution >= 4 is 48.1 Å². The van der Waals surface area contributed by atoms with Crippen LogP contribution in [-0.2, 0) is 23.7 Å². The van der Waals surface area contributed by atoms with Crippen LogP contribution in [0.25, 0.3) is 10.9 Å². The normalized spacial score (nSPS) is 10.5. The average Bonchev–Trinajstić information content (AvgIpc) is 2.97. The van der Waals surface area contributed by atoms with Gasteiger partial charge >= 0.3 is 32.7 Å². The Bertz CT molecular complexity index is 1740. The summed E-state index contributed by atoms with van der Waals surface area (Å²) < 4.78 is 0.803. The first-order chi connectivity index (χ1) is 19.8. The summed E-state index contributed by atoms with van der Waals surface area (Å²) in [5.74, 6) is 0.418. The molecule has 10 heteroatoms. The molecule has 7 nitrogen and oxygen atoms in total. The van der Waals surface area contributed by atoms with Gasteiger partial charge in [-0.25, -0.2) is 4.79 Å². The maximum absolute atomic E-state index is 11.9. The predicted molar refractivity (Wildman–Crippen MR) is 186 cm³/mol. The summed E-state index contributed by atoms with van der Waals surface area (Å²) in [6, 6.07) is 31.1. The van der Waals surface area contributed by atoms with E-state index in [-0.39, 0.29) is 33.7 Å². The van der Waals surface area contributed by atoms with Gasteiger partial charge in [0, 0.05) is 4.47 Å². The summed E-state index contributed by atoms with van der Waals surface area (Å²) >= 11 is 4.09. The van der Waals surface area contributed by atoms with Crippen LogP contribution in [0.3, 0.4) is 0 Å². The number of aromatic amines is 2. The fourth-order valence-electron chi connectivity index (χ4n) is 3.84. The van der Waals surface area contributed by atoms with Crippen molar-refractivity contribution in [3.05, 3.63) is 164 Å². The minimum atomic E-state index is -0.486. The molecular formula is C34H38BrClN4O3Zn. The number of carbonyl (C=O) groups excluding carboxylic acids is 1. The molecule has 0 bridgehead atoms. The first-order valence-electron chi connectivity index (χ1n) is 12.3. The fraction of sp³-hybridized carbons (Fsp3) is 0.118. The molecule has 228 valence electrons. The Kier molecular flexibility index (Phi) is 18.3. The van der Waals surface area contributed by atoms with Crippen molar-refractivity contribution in [1.29, 1.82) is 0 Å². The summed E-state index contributed by atoms with van der Waals surface area (Å²) in [5, 5.41) is 6.20. The number of carbonyl (C=O) groups is 1. The van der Waals surface area contributed by atoms with Crippen LogP contribution >= 0.6 is 25.6 Å². The van der Waals surface area contributed by atoms with Crippen molar-refractivity contribution in [2.75, 3.05) is 5.32 Å². The topological polar surface area (TPSA) is 107 Å². The monoisotopic (exact) mass is 728 g/mol. The molecule has 1 amide bonds. The number of rotatable bonds is 2. The third-order valence-electron chi connectivity index (χ3n) is 5.67. The van der Waals surface area contributed by atoms with Gasteiger partial charge in [0.15, 0.2) is 0 Å². The van der Waals surface area contributed by atoms with E-state index < -0.39 is 5.69 Å². The molecule has 1 aliphatic heterocycles. The van der Waals surface area contributed by atoms with Gasteiger partial charge in [0.05, 0.1) is 22.2 Å². The van der Waals surface area contributed by atoms with Gasteiger partial charge in [-0.3, -0.25) is 14.6 Å². The quantitative estimate of drug-likeness (QED) is 0.108. The zero-order chi connectivity index (χ0) is 29.8. The number of benzene rings is 4. The number of hydrogen-bond acceptors (Lipinski definition) is 4. The van der Waals surface area contributed by atoms with E-state index in [0.29, 0.717) is 22.3 Å². The summed E-state index contributed by atoms with van der Waals surface area (Å²) in [4.78, 5) is 38.7. The van der Waals surface area contributed by atoms with E-state index in [0.717, 1.165) is 45.0 Å². The Morgan fingerprint density at radius 2 is 1.36 bits per heavy atom. The predicted octanol–water partition coefficient (Wildman–Crippen LogP) is 8.35. The van der Waals surface area contributed by atoms with Gasteiger partial charge in [-0.15, -0.1) is 12.1 Å². The SMILES string of the molecule is C.C.C.C=C1NC(=O)c2cc(Cc3ccccc3)ccc2N1.O=c1[nH]c(=O)c2cc(Br)ccc2[nH]1.[CH2-]c1ccccc1.[Cl][Zn+]. The van der Waals surface area contributed by atoms with Crippen LogP contribution in [-0.4, -0.2) is 15.9 Å². The van der Waals surface area contributed by atoms with E-state index in [1.807, 2.05) is 66.7 Å². The fourth-order valence-corrected chi connectivity index (χ4v) is 4.20. The molecule has 0 saturated heterocycles. The molecule has 4 N–H and O–H groups in total. The van der Waals surface area contributed by atoms with E-state index in [1.165, 1.54) is 5.56 Å². The van der Waals surface area contributed by atoms with Gasteiger partial charge < -0.3 is 15.6 Å². The van der Waals surface area contributed by atoms with Crippen molar-refractivity contribution in [3.63, 3.8) is 0 Å². The molecule has 1 aliphatic rings. The van der Waals surface area contributed by atoms with Gasteiger partial charge in [0.2, 0.25) is 0 Å². The molecule has 5 aromatic rings. The third-order valence-corrected chi connectivity index (χ3v) is 6.17. The first kappa shape index (κ1) is 40.1. The zero-order valence-corrected chi connectivity index (χ0v) is 27.4. The molecule has 2 heterocycles. The molecule has 0 spiro atoms. The van der Waals surface area contributed by atoms with Crippen molar-refractivity contribution in [2.24, 2.45) is 0 Å². The number of anilines is 1. The minimum absolute atomic E-state index is 0. The molecule has 0 saturated carbocycles. The van der Waals surface area contributed by atoms with Gasteiger partial charge in [-0.2, -0.15) is 24.6 Å². The van der Waals surface area contributed by atoms with Gasteiger partial charge in [-0.1, -0.05) is 87.3 Å². The Morgan fingerprint density at radius 1 is 0.750 bits per heavy atom. The Hall–Kier alpha value is -3.91. The molecule has 1 aromatic heterocycles. The zero-order valence-electron chi connectivity index (χ0n) is 22.0. The second-order valence-corrected chi connectivity index (χ2v) is 9.60. The molecular weight excluding hydrogens is 693 g/mol. The Labute approximate surface area is 282 Å². The standard InChI is InChI=1S/C16H14N2O.C8H5BrN2O2.C7H7.3CH4.ClH.Zn/c1-11-17-15-8-7-13(10-14(15)16(19)18-11)9-12-5-3-2-4-6-12;9-4-1-2-6-5(3-4)7(12)11-8(13)10-6;1-7-5-3-2-4-6-7;;;;;/h2-8,10,17H,1,9H2,(H,18,19);1-3H,(H2,10,11,12,13);2-6H,1H2;3*1H4;1H;/q;;-1;;;;;+2/p-1. The molecule has 44 heavy (non-hydrogen) atoms. The number of H-pyrrole nitrogens is 2. The van der Waals surface area contributed by atoms with Crippen LogP contribution in [0.4, 0.5) is 5.69 Å². The molecule has 4 aromatic carbocycles. The van der Waals surface area contributed by atoms with Gasteiger partial charge in [-0.05, 0) is 47.9 Å². The summed E-state index contributed by atoms with van der Waals surface area (Å²) in [6.45, 7) is 7.43. The number of fused-ring (bicyclic) bond motifs is 2. The molecule has 0 atom stereocenters. The molecule has 6 rings (SSSR count). The maximum atomic E-state index is 11.9. The summed E-state index contributed by atoms with van der Waals surface area (Å²) in [6.07, 6.45) is 0.822. The van der Waals surface area contributed by atoms with E-state index in [4.69, 9.17) is 9.69 Å². The van der Waals surface area contributed by atoms with Crippen LogP contribution in [0.1, 0.15) is 49.3 Å². The third kappa shape index (κ3) is 12.0. The van der Waals surface area contributed by atoms with Crippen LogP contribution in [0.2, 0.25) is 0 Å². The number of aromatic nitrogens is 2. The van der Waals surface area contributed by atoms with Crippen LogP contribution < -0.4 is 21.9 Å². The molecule has 0 aliphatic carbocycles. The van der Waals surface area contributed by atoms with Crippen molar-refractivity contribution in [3.8, 4) is 0 Å². The summed E-state index contributed by atoms with van der Waals surface area (Å²) in [5.41, 5.74) is 4.58. The molecule has 0 unspecified atom stereocenters. The van der Waals surface area contributed by atoms with Crippen molar-refractivity contribution in [1.82, 2.24) is 15.3 Å². The van der Waals surface area contributed by atoms with Crippen molar-refractivity contribution in [2.45, 2.75) is 28.7 Å². The second-order valence-electron chi connectivity index (χ2n) is 8.68. The summed E-state index contributed by atoms with van der Waals surface area (Å²) in [7, 11) is 4.76. The van der Waals surface area contributed by atoms with Crippen LogP contribution in [0, 0.1) is 6.92 Å². The number of amides is 1.